The van der Waals surface area contributed by atoms with Crippen LogP contribution in [0.15, 0.2) is 66.0 Å². The van der Waals surface area contributed by atoms with Crippen molar-refractivity contribution < 1.29 is 23.9 Å². The molecule has 0 unspecified atom stereocenters. The number of benzene rings is 2. The summed E-state index contributed by atoms with van der Waals surface area (Å²) in [6.07, 6.45) is -0.403. The van der Waals surface area contributed by atoms with Gasteiger partial charge in [-0.15, -0.1) is 22.9 Å². The zero-order valence-electron chi connectivity index (χ0n) is 24.0. The van der Waals surface area contributed by atoms with Crippen molar-refractivity contribution >= 4 is 46.5 Å². The van der Waals surface area contributed by atoms with Crippen LogP contribution in [0.4, 0.5) is 10.5 Å². The summed E-state index contributed by atoms with van der Waals surface area (Å²) in [4.78, 5) is 46.0. The highest BCUT2D eigenvalue weighted by Gasteiger charge is 2.40. The van der Waals surface area contributed by atoms with Crippen LogP contribution in [0, 0.1) is 6.92 Å². The predicted molar refractivity (Wildman–Crippen MR) is 162 cm³/mol. The van der Waals surface area contributed by atoms with Gasteiger partial charge in [0.15, 0.2) is 0 Å². The first-order chi connectivity index (χ1) is 19.5. The minimum absolute atomic E-state index is 0.231. The van der Waals surface area contributed by atoms with Crippen LogP contribution in [0.3, 0.4) is 0 Å². The maximum absolute atomic E-state index is 14.2. The fraction of sp³-hybridized carbons (Fsp3) is 0.387. The largest absolute Gasteiger partial charge is 0.457 e. The number of ether oxygens (including phenoxy) is 2. The van der Waals surface area contributed by atoms with Gasteiger partial charge < -0.3 is 19.3 Å². The Morgan fingerprint density at radius 3 is 2.37 bits per heavy atom. The SMILES string of the molecule is Cc1cc(Oc2ccccc2)ccc1N(C(=O)CCl)[C@@H](C(=O)N1CCN(C(=O)OC(C)(C)C)[C@@H](C)C1)c1cccs1. The van der Waals surface area contributed by atoms with E-state index in [1.54, 1.807) is 21.9 Å². The maximum atomic E-state index is 14.2. The Balaban J connectivity index is 1.63. The molecule has 8 nitrogen and oxygen atoms in total. The highest BCUT2D eigenvalue weighted by atomic mass is 35.5. The first-order valence-electron chi connectivity index (χ1n) is 13.5. The summed E-state index contributed by atoms with van der Waals surface area (Å²) in [5, 5.41) is 1.88. The first kappa shape index (κ1) is 30.4. The Labute approximate surface area is 250 Å². The quantitative estimate of drug-likeness (QED) is 0.286. The number of amides is 3. The molecule has 2 heterocycles. The summed E-state index contributed by atoms with van der Waals surface area (Å²) < 4.78 is 11.5. The third-order valence-corrected chi connectivity index (χ3v) is 7.82. The molecule has 0 radical (unpaired) electrons. The predicted octanol–water partition coefficient (Wildman–Crippen LogP) is 6.63. The van der Waals surface area contributed by atoms with Gasteiger partial charge in [-0.3, -0.25) is 14.5 Å². The van der Waals surface area contributed by atoms with Crippen molar-refractivity contribution in [2.24, 2.45) is 0 Å². The zero-order valence-corrected chi connectivity index (χ0v) is 25.6. The molecule has 3 aromatic rings. The summed E-state index contributed by atoms with van der Waals surface area (Å²) in [5.74, 6) is 0.394. The summed E-state index contributed by atoms with van der Waals surface area (Å²) in [6, 6.07) is 17.4. The third kappa shape index (κ3) is 7.40. The van der Waals surface area contributed by atoms with Gasteiger partial charge in [-0.05, 0) is 82.0 Å². The lowest BCUT2D eigenvalue weighted by Crippen LogP contribution is -2.58. The highest BCUT2D eigenvalue weighted by molar-refractivity contribution is 7.10. The smallest absolute Gasteiger partial charge is 0.410 e. The average molecular weight is 598 g/mol. The van der Waals surface area contributed by atoms with Crippen LogP contribution in [0.5, 0.6) is 11.5 Å². The number of alkyl halides is 1. The van der Waals surface area contributed by atoms with Crippen LogP contribution in [-0.2, 0) is 14.3 Å². The molecule has 0 bridgehead atoms. The van der Waals surface area contributed by atoms with Gasteiger partial charge >= 0.3 is 6.09 Å². The van der Waals surface area contributed by atoms with E-state index in [1.165, 1.54) is 16.2 Å². The van der Waals surface area contributed by atoms with Crippen molar-refractivity contribution in [3.8, 4) is 11.5 Å². The number of piperazine rings is 1. The van der Waals surface area contributed by atoms with E-state index in [1.807, 2.05) is 88.5 Å². The molecule has 1 saturated heterocycles. The van der Waals surface area contributed by atoms with Crippen LogP contribution in [-0.4, -0.2) is 64.9 Å². The minimum Gasteiger partial charge on any atom is -0.457 e. The number of halogens is 1. The monoisotopic (exact) mass is 597 g/mol. The molecular weight excluding hydrogens is 562 g/mol. The second-order valence-corrected chi connectivity index (χ2v) is 12.2. The Kier molecular flexibility index (Phi) is 9.60. The van der Waals surface area contributed by atoms with Gasteiger partial charge in [-0.25, -0.2) is 4.79 Å². The van der Waals surface area contributed by atoms with Gasteiger partial charge in [0, 0.05) is 36.2 Å². The molecule has 0 saturated carbocycles. The lowest BCUT2D eigenvalue weighted by molar-refractivity contribution is -0.137. The Morgan fingerprint density at radius 2 is 1.78 bits per heavy atom. The number of rotatable bonds is 7. The molecule has 10 heteroatoms. The van der Waals surface area contributed by atoms with Gasteiger partial charge in [0.1, 0.15) is 29.0 Å². The van der Waals surface area contributed by atoms with E-state index < -0.39 is 23.6 Å². The van der Waals surface area contributed by atoms with E-state index in [2.05, 4.69) is 0 Å². The molecule has 0 spiro atoms. The molecule has 218 valence electrons. The molecule has 1 fully saturated rings. The first-order valence-corrected chi connectivity index (χ1v) is 14.9. The third-order valence-electron chi connectivity index (χ3n) is 6.66. The lowest BCUT2D eigenvalue weighted by atomic mass is 10.1. The van der Waals surface area contributed by atoms with Crippen molar-refractivity contribution in [1.29, 1.82) is 0 Å². The molecule has 0 N–H and O–H groups in total. The summed E-state index contributed by atoms with van der Waals surface area (Å²) in [5.41, 5.74) is 0.716. The number of carbonyl (C=O) groups is 3. The average Bonchev–Trinajstić information content (AvgIpc) is 3.45. The maximum Gasteiger partial charge on any atom is 0.410 e. The number of thiophene rings is 1. The van der Waals surface area contributed by atoms with E-state index in [0.717, 1.165) is 10.4 Å². The number of nitrogens with zero attached hydrogens (tertiary/aromatic N) is 3. The second kappa shape index (κ2) is 13.0. The Morgan fingerprint density at radius 1 is 1.05 bits per heavy atom. The van der Waals surface area contributed by atoms with Crippen LogP contribution < -0.4 is 9.64 Å². The molecule has 41 heavy (non-hydrogen) atoms. The summed E-state index contributed by atoms with van der Waals surface area (Å²) in [7, 11) is 0. The van der Waals surface area contributed by atoms with Gasteiger partial charge in [-0.1, -0.05) is 24.3 Å². The molecule has 4 rings (SSSR count). The summed E-state index contributed by atoms with van der Waals surface area (Å²) in [6.45, 7) is 10.2. The Hall–Kier alpha value is -3.56. The fourth-order valence-corrected chi connectivity index (χ4v) is 5.73. The summed E-state index contributed by atoms with van der Waals surface area (Å²) >= 11 is 7.52. The molecule has 3 amide bonds. The Bertz CT molecular complexity index is 1360. The zero-order chi connectivity index (χ0) is 29.7. The number of anilines is 1. The van der Waals surface area contributed by atoms with Gasteiger partial charge in [0.25, 0.3) is 5.91 Å². The van der Waals surface area contributed by atoms with Gasteiger partial charge in [0.2, 0.25) is 5.91 Å². The van der Waals surface area contributed by atoms with Crippen molar-refractivity contribution in [2.45, 2.75) is 52.3 Å². The van der Waals surface area contributed by atoms with E-state index in [-0.39, 0.29) is 17.8 Å². The molecule has 1 aliphatic rings. The molecule has 2 atom stereocenters. The van der Waals surface area contributed by atoms with E-state index in [0.29, 0.717) is 36.8 Å². The molecule has 2 aromatic carbocycles. The number of carbonyl (C=O) groups excluding carboxylic acids is 3. The van der Waals surface area contributed by atoms with Crippen LogP contribution in [0.1, 0.15) is 44.2 Å². The highest BCUT2D eigenvalue weighted by Crippen LogP contribution is 2.36. The van der Waals surface area contributed by atoms with E-state index in [4.69, 9.17) is 21.1 Å². The second-order valence-electron chi connectivity index (χ2n) is 11.0. The van der Waals surface area contributed by atoms with E-state index in [9.17, 15) is 14.4 Å². The number of aryl methyl sites for hydroxylation is 1. The number of para-hydroxylation sites is 1. The molecule has 1 aromatic heterocycles. The lowest BCUT2D eigenvalue weighted by Gasteiger charge is -2.42. The molecule has 1 aliphatic heterocycles. The molecule has 0 aliphatic carbocycles. The van der Waals surface area contributed by atoms with Crippen molar-refractivity contribution in [3.63, 3.8) is 0 Å². The topological polar surface area (TPSA) is 79.4 Å². The van der Waals surface area contributed by atoms with E-state index >= 15 is 0 Å². The van der Waals surface area contributed by atoms with Gasteiger partial charge in [-0.2, -0.15) is 0 Å². The fourth-order valence-electron chi connectivity index (χ4n) is 4.80. The van der Waals surface area contributed by atoms with Crippen molar-refractivity contribution in [1.82, 2.24) is 9.80 Å². The number of hydrogen-bond donors (Lipinski definition) is 0. The number of hydrogen-bond acceptors (Lipinski definition) is 6. The van der Waals surface area contributed by atoms with Crippen LogP contribution in [0.25, 0.3) is 0 Å². The van der Waals surface area contributed by atoms with Gasteiger partial charge in [0.05, 0.1) is 0 Å². The van der Waals surface area contributed by atoms with Crippen molar-refractivity contribution in [2.75, 3.05) is 30.4 Å². The molecular formula is C31H36ClN3O5S. The normalized spacial score (nSPS) is 16.2. The van der Waals surface area contributed by atoms with Crippen LogP contribution >= 0.6 is 22.9 Å². The van der Waals surface area contributed by atoms with Crippen molar-refractivity contribution in [3.05, 3.63) is 76.5 Å². The minimum atomic E-state index is -0.916. The van der Waals surface area contributed by atoms with Crippen LogP contribution in [0.2, 0.25) is 0 Å². The standard InChI is InChI=1S/C31H36ClN3O5S/c1-21-18-24(39-23-10-7-6-8-11-23)13-14-25(21)35(27(36)19-32)28(26-12-9-17-41-26)29(37)33-15-16-34(22(2)20-33)30(38)40-31(3,4)5/h6-14,17-18,22,28H,15-16,19-20H2,1-5H3/t22-,28+/m0/s1.